The second-order valence-electron chi connectivity index (χ2n) is 5.07. The number of para-hydroxylation sites is 1. The van der Waals surface area contributed by atoms with Crippen LogP contribution < -0.4 is 5.32 Å². The van der Waals surface area contributed by atoms with Crippen LogP contribution in [0.5, 0.6) is 0 Å². The molecule has 0 spiro atoms. The fourth-order valence-corrected chi connectivity index (χ4v) is 3.18. The molecular weight excluding hydrogens is 246 g/mol. The number of benzene rings is 1. The van der Waals surface area contributed by atoms with E-state index in [1.54, 1.807) is 0 Å². The molecule has 18 heavy (non-hydrogen) atoms. The van der Waals surface area contributed by atoms with Gasteiger partial charge in [0.05, 0.1) is 5.02 Å². The quantitative estimate of drug-likeness (QED) is 0.892. The molecule has 1 N–H and O–H groups in total. The van der Waals surface area contributed by atoms with Gasteiger partial charge < -0.3 is 9.73 Å². The first kappa shape index (κ1) is 12.1. The Morgan fingerprint density at radius 3 is 3.06 bits per heavy atom. The first-order chi connectivity index (χ1) is 8.78. The summed E-state index contributed by atoms with van der Waals surface area (Å²) in [6, 6.07) is 8.71. The second kappa shape index (κ2) is 4.94. The summed E-state index contributed by atoms with van der Waals surface area (Å²) in [6.45, 7) is 3.21. The number of fused-ring (bicyclic) bond motifs is 1. The topological polar surface area (TPSA) is 25.2 Å². The summed E-state index contributed by atoms with van der Waals surface area (Å²) in [4.78, 5) is 0. The number of hydrogen-bond acceptors (Lipinski definition) is 2. The zero-order chi connectivity index (χ0) is 12.5. The van der Waals surface area contributed by atoms with Gasteiger partial charge in [0.15, 0.2) is 5.58 Å². The molecule has 1 heterocycles. The van der Waals surface area contributed by atoms with Crippen LogP contribution >= 0.6 is 11.6 Å². The third kappa shape index (κ3) is 2.15. The zero-order valence-corrected chi connectivity index (χ0v) is 11.3. The summed E-state index contributed by atoms with van der Waals surface area (Å²) in [5.74, 6) is 1.64. The monoisotopic (exact) mass is 263 g/mol. The van der Waals surface area contributed by atoms with Gasteiger partial charge in [0, 0.05) is 17.3 Å². The first-order valence-electron chi connectivity index (χ1n) is 6.69. The van der Waals surface area contributed by atoms with E-state index in [1.165, 1.54) is 19.3 Å². The molecule has 2 unspecified atom stereocenters. The number of nitrogens with one attached hydrogen (secondary N) is 1. The van der Waals surface area contributed by atoms with Gasteiger partial charge in [0.25, 0.3) is 0 Å². The molecule has 2 atom stereocenters. The predicted octanol–water partition coefficient (Wildman–Crippen LogP) is 4.33. The molecule has 1 saturated carbocycles. The molecule has 1 aromatic heterocycles. The molecule has 2 aromatic rings. The summed E-state index contributed by atoms with van der Waals surface area (Å²) in [6.07, 6.45) is 3.61. The van der Waals surface area contributed by atoms with Gasteiger partial charge >= 0.3 is 0 Å². The minimum atomic E-state index is 0.539. The van der Waals surface area contributed by atoms with Crippen molar-refractivity contribution >= 4 is 22.6 Å². The molecule has 96 valence electrons. The second-order valence-corrected chi connectivity index (χ2v) is 5.48. The van der Waals surface area contributed by atoms with E-state index >= 15 is 0 Å². The summed E-state index contributed by atoms with van der Waals surface area (Å²) in [7, 11) is 0. The third-order valence-corrected chi connectivity index (χ3v) is 4.14. The van der Waals surface area contributed by atoms with Crippen molar-refractivity contribution in [2.45, 2.75) is 38.1 Å². The van der Waals surface area contributed by atoms with Crippen LogP contribution in [0, 0.1) is 0 Å². The molecule has 1 aliphatic carbocycles. The van der Waals surface area contributed by atoms with Crippen molar-refractivity contribution in [3.8, 4) is 0 Å². The Hall–Kier alpha value is -0.990. The Morgan fingerprint density at radius 2 is 2.28 bits per heavy atom. The molecule has 1 aliphatic rings. The fourth-order valence-electron chi connectivity index (χ4n) is 2.96. The lowest BCUT2D eigenvalue weighted by Gasteiger charge is -2.10. The van der Waals surface area contributed by atoms with Gasteiger partial charge in [-0.05, 0) is 37.9 Å². The van der Waals surface area contributed by atoms with Crippen molar-refractivity contribution in [2.24, 2.45) is 0 Å². The Bertz CT molecular complexity index is 548. The molecule has 0 aliphatic heterocycles. The molecular formula is C15H18ClNO. The SMILES string of the molecule is CCNC1CCC(c2cc3cccc(Cl)c3o2)C1. The highest BCUT2D eigenvalue weighted by atomic mass is 35.5. The van der Waals surface area contributed by atoms with Gasteiger partial charge in [-0.1, -0.05) is 30.7 Å². The molecule has 3 heteroatoms. The van der Waals surface area contributed by atoms with E-state index in [0.717, 1.165) is 23.3 Å². The number of furan rings is 1. The standard InChI is InChI=1S/C15H18ClNO/c1-2-17-12-7-6-10(8-12)14-9-11-4-3-5-13(16)15(11)18-14/h3-5,9-10,12,17H,2,6-8H2,1H3. The lowest BCUT2D eigenvalue weighted by Crippen LogP contribution is -2.25. The maximum Gasteiger partial charge on any atom is 0.152 e. The van der Waals surface area contributed by atoms with Crippen molar-refractivity contribution < 1.29 is 4.42 Å². The highest BCUT2D eigenvalue weighted by Crippen LogP contribution is 2.38. The Kier molecular flexibility index (Phi) is 3.31. The van der Waals surface area contributed by atoms with Crippen molar-refractivity contribution in [3.05, 3.63) is 35.0 Å². The van der Waals surface area contributed by atoms with Gasteiger partial charge in [-0.3, -0.25) is 0 Å². The van der Waals surface area contributed by atoms with Crippen molar-refractivity contribution in [1.29, 1.82) is 0 Å². The maximum absolute atomic E-state index is 6.15. The third-order valence-electron chi connectivity index (χ3n) is 3.84. The lowest BCUT2D eigenvalue weighted by atomic mass is 10.0. The van der Waals surface area contributed by atoms with Crippen LogP contribution in [0.3, 0.4) is 0 Å². The lowest BCUT2D eigenvalue weighted by molar-refractivity contribution is 0.477. The summed E-state index contributed by atoms with van der Waals surface area (Å²) in [5, 5.41) is 5.35. The van der Waals surface area contributed by atoms with Crippen LogP contribution in [0.4, 0.5) is 0 Å². The molecule has 1 fully saturated rings. The molecule has 0 saturated heterocycles. The summed E-state index contributed by atoms with van der Waals surface area (Å²) in [5.41, 5.74) is 0.834. The van der Waals surface area contributed by atoms with Crippen LogP contribution in [0.25, 0.3) is 11.0 Å². The van der Waals surface area contributed by atoms with Gasteiger partial charge in [-0.2, -0.15) is 0 Å². The Balaban J connectivity index is 1.85. The molecule has 0 amide bonds. The fraction of sp³-hybridized carbons (Fsp3) is 0.467. The van der Waals surface area contributed by atoms with E-state index in [-0.39, 0.29) is 0 Å². The van der Waals surface area contributed by atoms with E-state index in [1.807, 2.05) is 12.1 Å². The maximum atomic E-state index is 6.15. The molecule has 3 rings (SSSR count). The Morgan fingerprint density at radius 1 is 1.39 bits per heavy atom. The highest BCUT2D eigenvalue weighted by Gasteiger charge is 2.27. The first-order valence-corrected chi connectivity index (χ1v) is 7.07. The van der Waals surface area contributed by atoms with Crippen molar-refractivity contribution in [3.63, 3.8) is 0 Å². The van der Waals surface area contributed by atoms with Gasteiger partial charge in [0.1, 0.15) is 5.76 Å². The average molecular weight is 264 g/mol. The summed E-state index contributed by atoms with van der Waals surface area (Å²) >= 11 is 6.15. The van der Waals surface area contributed by atoms with E-state index in [4.69, 9.17) is 16.0 Å². The van der Waals surface area contributed by atoms with Crippen LogP contribution in [0.2, 0.25) is 5.02 Å². The van der Waals surface area contributed by atoms with Crippen LogP contribution in [-0.4, -0.2) is 12.6 Å². The number of halogens is 1. The Labute approximate surface area is 112 Å². The van der Waals surface area contributed by atoms with E-state index in [9.17, 15) is 0 Å². The molecule has 0 radical (unpaired) electrons. The zero-order valence-electron chi connectivity index (χ0n) is 10.6. The molecule has 0 bridgehead atoms. The predicted molar refractivity (Wildman–Crippen MR) is 75.3 cm³/mol. The van der Waals surface area contributed by atoms with Gasteiger partial charge in [0.2, 0.25) is 0 Å². The smallest absolute Gasteiger partial charge is 0.152 e. The van der Waals surface area contributed by atoms with Gasteiger partial charge in [-0.25, -0.2) is 0 Å². The largest absolute Gasteiger partial charge is 0.459 e. The van der Waals surface area contributed by atoms with E-state index in [2.05, 4.69) is 24.4 Å². The normalized spacial score (nSPS) is 23.9. The van der Waals surface area contributed by atoms with Crippen LogP contribution in [-0.2, 0) is 0 Å². The number of rotatable bonds is 3. The molecule has 1 aromatic carbocycles. The van der Waals surface area contributed by atoms with E-state index < -0.39 is 0 Å². The molecule has 2 nitrogen and oxygen atoms in total. The van der Waals surface area contributed by atoms with Crippen LogP contribution in [0.1, 0.15) is 37.9 Å². The highest BCUT2D eigenvalue weighted by molar-refractivity contribution is 6.34. The minimum absolute atomic E-state index is 0.539. The van der Waals surface area contributed by atoms with Crippen molar-refractivity contribution in [2.75, 3.05) is 6.54 Å². The van der Waals surface area contributed by atoms with Crippen molar-refractivity contribution in [1.82, 2.24) is 5.32 Å². The minimum Gasteiger partial charge on any atom is -0.459 e. The van der Waals surface area contributed by atoms with Crippen LogP contribution in [0.15, 0.2) is 28.7 Å². The van der Waals surface area contributed by atoms with Gasteiger partial charge in [-0.15, -0.1) is 0 Å². The number of hydrogen-bond donors (Lipinski definition) is 1. The average Bonchev–Trinajstić information content (AvgIpc) is 2.96. The van der Waals surface area contributed by atoms with E-state index in [0.29, 0.717) is 17.0 Å². The summed E-state index contributed by atoms with van der Waals surface area (Å²) < 4.78 is 5.95.